The first-order chi connectivity index (χ1) is 36.5. The lowest BCUT2D eigenvalue weighted by Crippen LogP contribution is -2.51. The van der Waals surface area contributed by atoms with Gasteiger partial charge in [0.2, 0.25) is 0 Å². The highest BCUT2D eigenvalue weighted by molar-refractivity contribution is 7.95. The number of hydrogen-bond donors (Lipinski definition) is 1. The van der Waals surface area contributed by atoms with Gasteiger partial charge in [0, 0.05) is 6.42 Å². The summed E-state index contributed by atoms with van der Waals surface area (Å²) in [5, 5.41) is 13.3. The minimum Gasteiger partial charge on any atom is -0.154 e. The molecule has 0 aliphatic rings. The van der Waals surface area contributed by atoms with Crippen molar-refractivity contribution in [3.05, 3.63) is 133 Å². The highest BCUT2D eigenvalue weighted by Gasteiger charge is 2.48. The molecule has 5 rings (SSSR count). The minimum atomic E-state index is -2.40. The Kier molecular flexibility index (Phi) is 27.3. The maximum Gasteiger partial charge on any atom is 0.150 e. The first-order valence-corrected chi connectivity index (χ1v) is 45.2. The molecule has 0 aliphatic heterocycles. The van der Waals surface area contributed by atoms with Gasteiger partial charge < -0.3 is 0 Å². The largest absolute Gasteiger partial charge is 0.154 e. The molecule has 0 bridgehead atoms. The van der Waals surface area contributed by atoms with Crippen LogP contribution in [0.4, 0.5) is 0 Å². The second-order valence-corrected chi connectivity index (χ2v) is 47.7. The molecule has 5 aromatic rings. The van der Waals surface area contributed by atoms with Crippen molar-refractivity contribution in [2.75, 3.05) is 6.16 Å². The molecule has 5 aromatic carbocycles. The molecule has 7 heteroatoms. The van der Waals surface area contributed by atoms with Crippen LogP contribution in [0.2, 0.25) is 72.5 Å². The summed E-state index contributed by atoms with van der Waals surface area (Å²) < 4.78 is 0. The summed E-state index contributed by atoms with van der Waals surface area (Å²) in [6.07, 6.45) is 17.5. The fraction of sp³-hybridized carbons (Fsp3) is 0.559. The lowest BCUT2D eigenvalue weighted by Gasteiger charge is -2.37. The molecule has 0 saturated carbocycles. The van der Waals surface area contributed by atoms with E-state index in [0.29, 0.717) is 0 Å². The normalized spacial score (nSPS) is 12.8. The van der Waals surface area contributed by atoms with Crippen molar-refractivity contribution in [2.45, 2.75) is 239 Å². The first kappa shape index (κ1) is 63.6. The Bertz CT molecular complexity index is 2180. The zero-order chi connectivity index (χ0) is 54.2. The van der Waals surface area contributed by atoms with Crippen LogP contribution in [0.1, 0.15) is 166 Å². The summed E-state index contributed by atoms with van der Waals surface area (Å²) in [7, 11) is -10.5. The molecular formula is C68H110NP2Si4+. The van der Waals surface area contributed by atoms with Crippen LogP contribution >= 0.6 is 15.5 Å². The summed E-state index contributed by atoms with van der Waals surface area (Å²) in [5.41, 5.74) is 1.46. The molecule has 0 aliphatic carbocycles. The summed E-state index contributed by atoms with van der Waals surface area (Å²) in [5.74, 6) is 0. The molecule has 0 radical (unpaired) electrons. The fourth-order valence-corrected chi connectivity index (χ4v) is 44.8. The van der Waals surface area contributed by atoms with Crippen molar-refractivity contribution < 1.29 is 0 Å². The van der Waals surface area contributed by atoms with Gasteiger partial charge >= 0.3 is 0 Å². The van der Waals surface area contributed by atoms with E-state index in [1.807, 2.05) is 0 Å². The van der Waals surface area contributed by atoms with E-state index in [1.54, 1.807) is 42.0 Å². The van der Waals surface area contributed by atoms with Crippen molar-refractivity contribution in [1.82, 2.24) is 4.86 Å². The van der Waals surface area contributed by atoms with Crippen LogP contribution in [0.3, 0.4) is 0 Å². The number of hydrogen-bond acceptors (Lipinski definition) is 1. The van der Waals surface area contributed by atoms with Gasteiger partial charge in [0.05, 0.1) is 46.5 Å². The van der Waals surface area contributed by atoms with Crippen LogP contribution < -0.4 is 46.8 Å². The van der Waals surface area contributed by atoms with Gasteiger partial charge in [-0.3, -0.25) is 0 Å². The van der Waals surface area contributed by atoms with Crippen molar-refractivity contribution in [3.8, 4) is 0 Å². The Balaban J connectivity index is 2.01. The Hall–Kier alpha value is -2.21. The minimum absolute atomic E-state index is 0.998. The molecule has 0 atom stereocenters. The second kappa shape index (κ2) is 32.1. The molecule has 0 heterocycles. The molecule has 0 unspecified atom stereocenters. The third kappa shape index (κ3) is 15.8. The molecule has 1 N–H and O–H groups in total. The maximum absolute atomic E-state index is 5.14. The van der Waals surface area contributed by atoms with E-state index in [2.05, 4.69) is 210 Å². The molecular weight excluding hydrogens is 1010 g/mol. The number of aryl methyl sites for hydroxylation is 1. The number of rotatable bonds is 37. The van der Waals surface area contributed by atoms with Crippen molar-refractivity contribution >= 4 is 89.7 Å². The van der Waals surface area contributed by atoms with Gasteiger partial charge in [0.1, 0.15) is 18.0 Å². The van der Waals surface area contributed by atoms with Crippen molar-refractivity contribution in [2.24, 2.45) is 0 Å². The number of benzene rings is 5. The standard InChI is InChI=1S/C68H110NP2Si4/c1-13-44-72(45-14-2,46-15-3)65-38-28-34-61(56-65)70(62-35-29-39-66(57-62)73(47-16-4,48-17-5)49-18-6)69-71(43-42-60-32-26-25-27-33-60,63-36-30-40-67(58-63)74(50-19-7,51-20-8)52-21-9)64-37-31-41-68(59-64)75(53-22-10,54-23-11)55-24-12/h25-41,56-59,69H,13-24,42-55H2,1-12H3/q+1. The lowest BCUT2D eigenvalue weighted by atomic mass is 10.2. The van der Waals surface area contributed by atoms with Crippen LogP contribution in [0.5, 0.6) is 0 Å². The Morgan fingerprint density at radius 1 is 0.320 bits per heavy atom. The Labute approximate surface area is 469 Å². The SMILES string of the molecule is CCC[Si](CCC)(CCC)c1cccc(P(N[P+](CCc2ccccc2)(c2cccc([Si](CCC)(CCC)CCC)c2)c2cccc([Si](CCC)(CCC)CCC)c2)c2cccc([Si](CCC)(CCC)CCC)c2)c1. The van der Waals surface area contributed by atoms with Crippen LogP contribution in [-0.4, -0.2) is 38.5 Å². The molecule has 0 aromatic heterocycles. The monoisotopic (exact) mass is 1110 g/mol. The van der Waals surface area contributed by atoms with Gasteiger partial charge in [-0.05, 0) is 40.4 Å². The van der Waals surface area contributed by atoms with E-state index in [4.69, 9.17) is 4.86 Å². The summed E-state index contributed by atoms with van der Waals surface area (Å²) in [6.45, 7) is 29.6. The van der Waals surface area contributed by atoms with Crippen LogP contribution in [0.25, 0.3) is 0 Å². The molecule has 412 valence electrons. The maximum atomic E-state index is 5.14. The molecule has 0 amide bonds. The van der Waals surface area contributed by atoms with E-state index in [0.717, 1.165) is 12.6 Å². The second-order valence-electron chi connectivity index (χ2n) is 23.5. The van der Waals surface area contributed by atoms with Gasteiger partial charge in [0.15, 0.2) is 0 Å². The van der Waals surface area contributed by atoms with Crippen molar-refractivity contribution in [1.29, 1.82) is 0 Å². The highest BCUT2D eigenvalue weighted by atomic mass is 31.2. The molecule has 1 nitrogen and oxygen atoms in total. The van der Waals surface area contributed by atoms with Gasteiger partial charge in [-0.25, -0.2) is 0 Å². The first-order valence-electron chi connectivity index (χ1n) is 31.4. The third-order valence-electron chi connectivity index (χ3n) is 17.8. The zero-order valence-corrected chi connectivity index (χ0v) is 56.2. The predicted octanol–water partition coefficient (Wildman–Crippen LogP) is 18.0. The van der Waals surface area contributed by atoms with Gasteiger partial charge in [0.25, 0.3) is 0 Å². The quantitative estimate of drug-likeness (QED) is 0.0309. The molecule has 0 fully saturated rings. The topological polar surface area (TPSA) is 12.0 Å². The highest BCUT2D eigenvalue weighted by Crippen LogP contribution is 2.59. The van der Waals surface area contributed by atoms with E-state index in [-0.39, 0.29) is 0 Å². The van der Waals surface area contributed by atoms with E-state index in [1.165, 1.54) is 155 Å². The predicted molar refractivity (Wildman–Crippen MR) is 359 cm³/mol. The van der Waals surface area contributed by atoms with Crippen molar-refractivity contribution in [3.63, 3.8) is 0 Å². The number of nitrogens with one attached hydrogen (secondary N) is 1. The molecule has 75 heavy (non-hydrogen) atoms. The van der Waals surface area contributed by atoms with Gasteiger partial charge in [-0.2, -0.15) is 4.86 Å². The van der Waals surface area contributed by atoms with Crippen LogP contribution in [-0.2, 0) is 6.42 Å². The average molecular weight is 1120 g/mol. The van der Waals surface area contributed by atoms with E-state index >= 15 is 0 Å². The summed E-state index contributed by atoms with van der Waals surface area (Å²) in [6, 6.07) is 70.8. The lowest BCUT2D eigenvalue weighted by molar-refractivity contribution is 0.937. The van der Waals surface area contributed by atoms with E-state index in [9.17, 15) is 0 Å². The third-order valence-corrected chi connectivity index (χ3v) is 48.4. The summed E-state index contributed by atoms with van der Waals surface area (Å²) in [4.78, 5) is 5.14. The average Bonchev–Trinajstić information content (AvgIpc) is 3.42. The molecule has 0 saturated heterocycles. The Morgan fingerprint density at radius 3 is 0.893 bits per heavy atom. The zero-order valence-electron chi connectivity index (χ0n) is 50.4. The van der Waals surface area contributed by atoms with Crippen LogP contribution in [0, 0.1) is 0 Å². The van der Waals surface area contributed by atoms with E-state index < -0.39 is 47.8 Å². The Morgan fingerprint density at radius 2 is 0.600 bits per heavy atom. The fourth-order valence-electron chi connectivity index (χ4n) is 15.0. The van der Waals surface area contributed by atoms with Gasteiger partial charge in [-0.1, -0.05) is 357 Å². The smallest absolute Gasteiger partial charge is 0.150 e. The van der Waals surface area contributed by atoms with Gasteiger partial charge in [-0.15, -0.1) is 0 Å². The van der Waals surface area contributed by atoms with Crippen LogP contribution in [0.15, 0.2) is 127 Å². The summed E-state index contributed by atoms with van der Waals surface area (Å²) >= 11 is 0. The molecule has 0 spiro atoms.